The van der Waals surface area contributed by atoms with Gasteiger partial charge in [0.1, 0.15) is 0 Å². The molecule has 0 radical (unpaired) electrons. The number of thioether (sulfide) groups is 1. The molecule has 2 aromatic heterocycles. The fourth-order valence-electron chi connectivity index (χ4n) is 2.36. The molecule has 1 amide bonds. The molecule has 0 aliphatic carbocycles. The summed E-state index contributed by atoms with van der Waals surface area (Å²) >= 11 is 5.03. The summed E-state index contributed by atoms with van der Waals surface area (Å²) in [5.74, 6) is 0.659. The first-order chi connectivity index (χ1) is 11.7. The Bertz CT molecular complexity index is 730. The third-order valence-corrected chi connectivity index (χ3v) is 6.53. The van der Waals surface area contributed by atoms with Crippen LogP contribution < -0.4 is 0 Å². The highest BCUT2D eigenvalue weighted by Crippen LogP contribution is 2.24. The Morgan fingerprint density at radius 3 is 2.12 bits per heavy atom. The third kappa shape index (κ3) is 4.72. The fourth-order valence-corrected chi connectivity index (χ4v) is 4.73. The molecule has 0 spiro atoms. The Morgan fingerprint density at radius 1 is 0.958 bits per heavy atom. The minimum atomic E-state index is 0.185. The van der Waals surface area contributed by atoms with Gasteiger partial charge in [-0.2, -0.15) is 0 Å². The van der Waals surface area contributed by atoms with Gasteiger partial charge in [-0.3, -0.25) is 4.79 Å². The van der Waals surface area contributed by atoms with Crippen molar-refractivity contribution in [1.82, 2.24) is 4.90 Å². The van der Waals surface area contributed by atoms with Crippen LogP contribution in [0.3, 0.4) is 0 Å². The van der Waals surface area contributed by atoms with Crippen molar-refractivity contribution in [3.05, 3.63) is 74.6 Å². The van der Waals surface area contributed by atoms with E-state index in [1.165, 1.54) is 20.2 Å². The first kappa shape index (κ1) is 17.3. The van der Waals surface area contributed by atoms with Crippen LogP contribution in [0.15, 0.2) is 64.2 Å². The van der Waals surface area contributed by atoms with Crippen molar-refractivity contribution in [1.29, 1.82) is 0 Å². The zero-order valence-corrected chi connectivity index (χ0v) is 15.9. The zero-order chi connectivity index (χ0) is 16.8. The van der Waals surface area contributed by atoms with Gasteiger partial charge in [0, 0.05) is 14.6 Å². The molecule has 124 valence electrons. The van der Waals surface area contributed by atoms with Crippen LogP contribution in [0.4, 0.5) is 0 Å². The maximum Gasteiger partial charge on any atom is 0.233 e. The van der Waals surface area contributed by atoms with Crippen molar-refractivity contribution in [2.75, 3.05) is 5.75 Å². The lowest BCUT2D eigenvalue weighted by atomic mass is 10.2. The number of hydrogen-bond acceptors (Lipinski definition) is 4. The summed E-state index contributed by atoms with van der Waals surface area (Å²) in [7, 11) is 0. The van der Waals surface area contributed by atoms with Gasteiger partial charge in [0.25, 0.3) is 0 Å². The van der Waals surface area contributed by atoms with Crippen molar-refractivity contribution in [2.24, 2.45) is 0 Å². The molecule has 2 heterocycles. The summed E-state index contributed by atoms with van der Waals surface area (Å²) in [6, 6.07) is 16.5. The van der Waals surface area contributed by atoms with Gasteiger partial charge in [0.2, 0.25) is 5.91 Å². The Hall–Kier alpha value is -1.56. The van der Waals surface area contributed by atoms with Gasteiger partial charge in [0.05, 0.1) is 18.8 Å². The monoisotopic (exact) mass is 373 g/mol. The van der Waals surface area contributed by atoms with Crippen LogP contribution in [0.5, 0.6) is 0 Å². The minimum absolute atomic E-state index is 0.185. The number of rotatable bonds is 7. The highest BCUT2D eigenvalue weighted by atomic mass is 32.2. The number of nitrogens with zero attached hydrogens (tertiary/aromatic N) is 1. The predicted molar refractivity (Wildman–Crippen MR) is 105 cm³/mol. The minimum Gasteiger partial charge on any atom is -0.332 e. The van der Waals surface area contributed by atoms with E-state index in [2.05, 4.69) is 41.9 Å². The van der Waals surface area contributed by atoms with Gasteiger partial charge in [-0.05, 0) is 41.4 Å². The number of hydrogen-bond donors (Lipinski definition) is 0. The van der Waals surface area contributed by atoms with Crippen LogP contribution >= 0.6 is 34.4 Å². The summed E-state index contributed by atoms with van der Waals surface area (Å²) < 4.78 is 0. The van der Waals surface area contributed by atoms with Gasteiger partial charge < -0.3 is 4.90 Å². The average molecular weight is 374 g/mol. The average Bonchev–Trinajstić information content (AvgIpc) is 3.27. The summed E-state index contributed by atoms with van der Waals surface area (Å²) in [4.78, 5) is 18.4. The van der Waals surface area contributed by atoms with E-state index >= 15 is 0 Å². The molecule has 3 aromatic rings. The molecule has 5 heteroatoms. The van der Waals surface area contributed by atoms with E-state index in [0.717, 1.165) is 0 Å². The second-order valence-corrected chi connectivity index (χ2v) is 8.54. The van der Waals surface area contributed by atoms with Gasteiger partial charge >= 0.3 is 0 Å². The number of carbonyl (C=O) groups excluding carboxylic acids is 1. The first-order valence-corrected chi connectivity index (χ1v) is 10.5. The van der Waals surface area contributed by atoms with E-state index in [4.69, 9.17) is 0 Å². The molecule has 0 saturated carbocycles. The van der Waals surface area contributed by atoms with Crippen molar-refractivity contribution in [3.63, 3.8) is 0 Å². The van der Waals surface area contributed by atoms with Crippen molar-refractivity contribution < 1.29 is 4.79 Å². The Morgan fingerprint density at radius 2 is 1.58 bits per heavy atom. The second-order valence-electron chi connectivity index (χ2n) is 5.46. The molecule has 24 heavy (non-hydrogen) atoms. The van der Waals surface area contributed by atoms with Crippen molar-refractivity contribution in [2.45, 2.75) is 24.9 Å². The normalized spacial score (nSPS) is 10.7. The molecule has 0 atom stereocenters. The maximum absolute atomic E-state index is 12.8. The molecule has 0 aliphatic heterocycles. The van der Waals surface area contributed by atoms with Crippen LogP contribution in [0, 0.1) is 6.92 Å². The lowest BCUT2D eigenvalue weighted by molar-refractivity contribution is -0.129. The van der Waals surface area contributed by atoms with Crippen LogP contribution in [0.25, 0.3) is 0 Å². The van der Waals surface area contributed by atoms with Crippen LogP contribution in [-0.2, 0) is 17.9 Å². The van der Waals surface area contributed by atoms with E-state index in [1.54, 1.807) is 34.4 Å². The van der Waals surface area contributed by atoms with Gasteiger partial charge in [-0.15, -0.1) is 34.4 Å². The largest absolute Gasteiger partial charge is 0.332 e. The van der Waals surface area contributed by atoms with Crippen LogP contribution in [-0.4, -0.2) is 16.6 Å². The molecule has 3 rings (SSSR count). The summed E-state index contributed by atoms with van der Waals surface area (Å²) in [6.07, 6.45) is 0. The van der Waals surface area contributed by atoms with E-state index in [0.29, 0.717) is 18.8 Å². The van der Waals surface area contributed by atoms with Crippen molar-refractivity contribution in [3.8, 4) is 0 Å². The topological polar surface area (TPSA) is 20.3 Å². The van der Waals surface area contributed by atoms with E-state index in [-0.39, 0.29) is 5.91 Å². The van der Waals surface area contributed by atoms with E-state index in [1.807, 2.05) is 29.2 Å². The Kier molecular flexibility index (Phi) is 6.12. The maximum atomic E-state index is 12.8. The van der Waals surface area contributed by atoms with Gasteiger partial charge in [-0.25, -0.2) is 0 Å². The molecule has 2 nitrogen and oxygen atoms in total. The Balaban J connectivity index is 1.67. The predicted octanol–water partition coefficient (Wildman–Crippen LogP) is 5.44. The second kappa shape index (κ2) is 8.51. The molecule has 0 unspecified atom stereocenters. The zero-order valence-electron chi connectivity index (χ0n) is 13.5. The van der Waals surface area contributed by atoms with Crippen LogP contribution in [0.2, 0.25) is 0 Å². The van der Waals surface area contributed by atoms with Gasteiger partial charge in [0.15, 0.2) is 0 Å². The highest BCUT2D eigenvalue weighted by molar-refractivity contribution is 8.00. The standard InChI is InChI=1S/C19H19NOS3/c1-15-6-2-3-9-18(15)24-14-19(21)20(12-16-7-4-10-22-16)13-17-8-5-11-23-17/h2-11H,12-14H2,1H3. The molecule has 0 N–H and O–H groups in total. The summed E-state index contributed by atoms with van der Waals surface area (Å²) in [5.41, 5.74) is 1.22. The summed E-state index contributed by atoms with van der Waals surface area (Å²) in [6.45, 7) is 3.45. The lowest BCUT2D eigenvalue weighted by Gasteiger charge is -2.21. The first-order valence-electron chi connectivity index (χ1n) is 7.73. The van der Waals surface area contributed by atoms with Crippen molar-refractivity contribution >= 4 is 40.3 Å². The SMILES string of the molecule is Cc1ccccc1SCC(=O)N(Cc1cccs1)Cc1cccs1. The lowest BCUT2D eigenvalue weighted by Crippen LogP contribution is -2.31. The molecule has 0 bridgehead atoms. The highest BCUT2D eigenvalue weighted by Gasteiger charge is 2.16. The van der Waals surface area contributed by atoms with E-state index in [9.17, 15) is 4.79 Å². The fraction of sp³-hybridized carbons (Fsp3) is 0.211. The molecular formula is C19H19NOS3. The van der Waals surface area contributed by atoms with Gasteiger partial charge in [-0.1, -0.05) is 30.3 Å². The summed E-state index contributed by atoms with van der Waals surface area (Å²) in [5, 5.41) is 4.12. The number of amides is 1. The number of carbonyl (C=O) groups is 1. The molecule has 0 saturated heterocycles. The molecular weight excluding hydrogens is 354 g/mol. The van der Waals surface area contributed by atoms with E-state index < -0.39 is 0 Å². The van der Waals surface area contributed by atoms with Crippen LogP contribution in [0.1, 0.15) is 15.3 Å². The smallest absolute Gasteiger partial charge is 0.233 e. The quantitative estimate of drug-likeness (QED) is 0.514. The Labute approximate surface area is 155 Å². The third-order valence-electron chi connectivity index (χ3n) is 3.65. The number of benzene rings is 1. The number of aryl methyl sites for hydroxylation is 1. The molecule has 1 aromatic carbocycles. The number of thiophene rings is 2. The molecule has 0 fully saturated rings. The molecule has 0 aliphatic rings.